The second-order valence-electron chi connectivity index (χ2n) is 3.82. The number of hydrogen-bond donors (Lipinski definition) is 1. The molecule has 1 N–H and O–H groups in total. The molecule has 18 heavy (non-hydrogen) atoms. The molecule has 3 rings (SSSR count). The molecule has 0 amide bonds. The molecular weight excluding hydrogens is 244 g/mol. The van der Waals surface area contributed by atoms with Crippen LogP contribution in [0.3, 0.4) is 0 Å². The Labute approximate surface area is 109 Å². The van der Waals surface area contributed by atoms with Gasteiger partial charge < -0.3 is 5.32 Å². The summed E-state index contributed by atoms with van der Waals surface area (Å²) in [5, 5.41) is 7.55. The molecule has 0 unspecified atom stereocenters. The molecule has 0 aliphatic rings. The third kappa shape index (κ3) is 2.41. The molecule has 0 aliphatic carbocycles. The maximum Gasteiger partial charge on any atom is 0.0794 e. The quantitative estimate of drug-likeness (QED) is 0.780. The van der Waals surface area contributed by atoms with Crippen molar-refractivity contribution in [3.8, 4) is 5.69 Å². The number of hydrogen-bond acceptors (Lipinski definition) is 4. The van der Waals surface area contributed by atoms with Crippen LogP contribution in [-0.4, -0.2) is 14.8 Å². The lowest BCUT2D eigenvalue weighted by molar-refractivity contribution is 0.880. The molecule has 2 aromatic heterocycles. The fourth-order valence-corrected chi connectivity index (χ4v) is 2.21. The van der Waals surface area contributed by atoms with Gasteiger partial charge >= 0.3 is 0 Å². The molecule has 4 nitrogen and oxygen atoms in total. The lowest BCUT2D eigenvalue weighted by Crippen LogP contribution is -1.98. The second kappa shape index (κ2) is 5.01. The predicted molar refractivity (Wildman–Crippen MR) is 73.0 cm³/mol. The van der Waals surface area contributed by atoms with Crippen molar-refractivity contribution in [3.05, 3.63) is 59.3 Å². The van der Waals surface area contributed by atoms with Crippen LogP contribution in [0, 0.1) is 0 Å². The van der Waals surface area contributed by atoms with Crippen LogP contribution in [-0.2, 0) is 6.54 Å². The van der Waals surface area contributed by atoms with Gasteiger partial charge in [0.1, 0.15) is 0 Å². The average Bonchev–Trinajstić information content (AvgIpc) is 3.10. The van der Waals surface area contributed by atoms with E-state index < -0.39 is 0 Å². The summed E-state index contributed by atoms with van der Waals surface area (Å²) in [6, 6.07) is 10.1. The molecule has 0 aliphatic heterocycles. The second-order valence-corrected chi connectivity index (χ2v) is 4.79. The Hall–Kier alpha value is -2.14. The summed E-state index contributed by atoms with van der Waals surface area (Å²) < 4.78 is 1.84. The minimum absolute atomic E-state index is 0.811. The van der Waals surface area contributed by atoms with E-state index in [1.807, 2.05) is 40.8 Å². The van der Waals surface area contributed by atoms with Gasteiger partial charge in [-0.05, 0) is 30.3 Å². The molecule has 0 atom stereocenters. The van der Waals surface area contributed by atoms with Crippen molar-refractivity contribution in [1.29, 1.82) is 0 Å². The maximum absolute atomic E-state index is 4.19. The van der Waals surface area contributed by atoms with E-state index in [4.69, 9.17) is 0 Å². The van der Waals surface area contributed by atoms with Crippen LogP contribution in [0.25, 0.3) is 5.69 Å². The number of anilines is 1. The normalized spacial score (nSPS) is 10.4. The van der Waals surface area contributed by atoms with E-state index in [0.717, 1.165) is 17.9 Å². The van der Waals surface area contributed by atoms with Crippen LogP contribution >= 0.6 is 11.3 Å². The summed E-state index contributed by atoms with van der Waals surface area (Å²) in [5.74, 6) is 0. The van der Waals surface area contributed by atoms with Crippen LogP contribution in [0.4, 0.5) is 5.69 Å². The van der Waals surface area contributed by atoms with E-state index in [2.05, 4.69) is 27.5 Å². The number of rotatable bonds is 4. The molecule has 0 fully saturated rings. The Bertz CT molecular complexity index is 584. The van der Waals surface area contributed by atoms with Crippen LogP contribution in [0.1, 0.15) is 4.88 Å². The molecule has 0 saturated heterocycles. The zero-order chi connectivity index (χ0) is 12.2. The third-order valence-corrected chi connectivity index (χ3v) is 3.37. The van der Waals surface area contributed by atoms with Crippen LogP contribution in [0.2, 0.25) is 0 Å². The zero-order valence-electron chi connectivity index (χ0n) is 9.65. The Morgan fingerprint density at radius 2 is 2.11 bits per heavy atom. The van der Waals surface area contributed by atoms with Crippen molar-refractivity contribution in [2.75, 3.05) is 5.32 Å². The van der Waals surface area contributed by atoms with Gasteiger partial charge in [0.05, 0.1) is 17.7 Å². The number of nitrogens with one attached hydrogen (secondary N) is 1. The summed E-state index contributed by atoms with van der Waals surface area (Å²) in [6.45, 7) is 0.811. The monoisotopic (exact) mass is 256 g/mol. The van der Waals surface area contributed by atoms with Crippen molar-refractivity contribution in [1.82, 2.24) is 14.8 Å². The Morgan fingerprint density at radius 3 is 2.78 bits per heavy atom. The van der Waals surface area contributed by atoms with Gasteiger partial charge in [-0.2, -0.15) is 5.10 Å². The highest BCUT2D eigenvalue weighted by Gasteiger charge is 1.98. The van der Waals surface area contributed by atoms with E-state index >= 15 is 0 Å². The van der Waals surface area contributed by atoms with Crippen LogP contribution in [0.5, 0.6) is 0 Å². The van der Waals surface area contributed by atoms with E-state index in [9.17, 15) is 0 Å². The largest absolute Gasteiger partial charge is 0.380 e. The summed E-state index contributed by atoms with van der Waals surface area (Å²) >= 11 is 1.66. The minimum Gasteiger partial charge on any atom is -0.380 e. The minimum atomic E-state index is 0.811. The van der Waals surface area contributed by atoms with Gasteiger partial charge in [-0.15, -0.1) is 11.3 Å². The molecule has 0 saturated carbocycles. The number of thiazole rings is 1. The van der Waals surface area contributed by atoms with Gasteiger partial charge in [0.25, 0.3) is 0 Å². The van der Waals surface area contributed by atoms with Gasteiger partial charge in [0, 0.05) is 29.2 Å². The molecular formula is C13H12N4S. The maximum atomic E-state index is 4.19. The molecule has 0 radical (unpaired) electrons. The van der Waals surface area contributed by atoms with Crippen LogP contribution < -0.4 is 5.32 Å². The van der Waals surface area contributed by atoms with Gasteiger partial charge in [-0.1, -0.05) is 0 Å². The van der Waals surface area contributed by atoms with E-state index in [1.54, 1.807) is 17.5 Å². The third-order valence-electron chi connectivity index (χ3n) is 2.59. The van der Waals surface area contributed by atoms with E-state index in [0.29, 0.717) is 0 Å². The number of benzene rings is 1. The van der Waals surface area contributed by atoms with Gasteiger partial charge in [0.2, 0.25) is 0 Å². The molecule has 0 spiro atoms. The van der Waals surface area contributed by atoms with E-state index in [1.165, 1.54) is 4.88 Å². The molecule has 3 aromatic rings. The topological polar surface area (TPSA) is 42.7 Å². The average molecular weight is 256 g/mol. The summed E-state index contributed by atoms with van der Waals surface area (Å²) in [7, 11) is 0. The smallest absolute Gasteiger partial charge is 0.0794 e. The zero-order valence-corrected chi connectivity index (χ0v) is 10.5. The summed E-state index contributed by atoms with van der Waals surface area (Å²) in [6.07, 6.45) is 5.59. The van der Waals surface area contributed by atoms with Crippen molar-refractivity contribution in [3.63, 3.8) is 0 Å². The number of nitrogens with zero attached hydrogens (tertiary/aromatic N) is 3. The Balaban J connectivity index is 1.68. The van der Waals surface area contributed by atoms with Gasteiger partial charge in [-0.3, -0.25) is 4.98 Å². The summed E-state index contributed by atoms with van der Waals surface area (Å²) in [4.78, 5) is 5.28. The lowest BCUT2D eigenvalue weighted by Gasteiger charge is -2.06. The molecule has 5 heteroatoms. The fraction of sp³-hybridized carbons (Fsp3) is 0.0769. The van der Waals surface area contributed by atoms with Crippen LogP contribution in [0.15, 0.2) is 54.4 Å². The van der Waals surface area contributed by atoms with Crippen molar-refractivity contribution in [2.45, 2.75) is 6.54 Å². The highest BCUT2D eigenvalue weighted by Crippen LogP contribution is 2.14. The first-order chi connectivity index (χ1) is 8.92. The first-order valence-electron chi connectivity index (χ1n) is 5.63. The Kier molecular flexibility index (Phi) is 3.06. The molecule has 0 bridgehead atoms. The highest BCUT2D eigenvalue weighted by atomic mass is 32.1. The number of aromatic nitrogens is 3. The highest BCUT2D eigenvalue weighted by molar-refractivity contribution is 7.09. The molecule has 1 aromatic carbocycles. The lowest BCUT2D eigenvalue weighted by atomic mass is 10.3. The van der Waals surface area contributed by atoms with Crippen molar-refractivity contribution < 1.29 is 0 Å². The predicted octanol–water partition coefficient (Wildman–Crippen LogP) is 2.94. The first-order valence-corrected chi connectivity index (χ1v) is 6.51. The standard InChI is InChI=1S/C13H12N4S/c1-6-16-17(7-1)12-4-2-11(3-5-12)15-9-13-8-14-10-18-13/h1-8,10,15H,9H2. The SMILES string of the molecule is c1cnn(-c2ccc(NCc3cncs3)cc2)c1. The van der Waals surface area contributed by atoms with Gasteiger partial charge in [0.15, 0.2) is 0 Å². The van der Waals surface area contributed by atoms with E-state index in [-0.39, 0.29) is 0 Å². The molecule has 2 heterocycles. The van der Waals surface area contributed by atoms with Gasteiger partial charge in [-0.25, -0.2) is 4.68 Å². The fourth-order valence-electron chi connectivity index (χ4n) is 1.67. The Morgan fingerprint density at radius 1 is 1.22 bits per heavy atom. The summed E-state index contributed by atoms with van der Waals surface area (Å²) in [5.41, 5.74) is 4.00. The van der Waals surface area contributed by atoms with Crippen molar-refractivity contribution in [2.24, 2.45) is 0 Å². The van der Waals surface area contributed by atoms with Crippen molar-refractivity contribution >= 4 is 17.0 Å². The molecule has 90 valence electrons. The first kappa shape index (κ1) is 11.0.